The monoisotopic (exact) mass is 342 g/mol. The van der Waals surface area contributed by atoms with Crippen molar-refractivity contribution in [1.29, 1.82) is 0 Å². The van der Waals surface area contributed by atoms with Crippen LogP contribution in [0, 0.1) is 12.7 Å². The summed E-state index contributed by atoms with van der Waals surface area (Å²) in [5, 5.41) is 6.91. The van der Waals surface area contributed by atoms with Crippen molar-refractivity contribution in [2.24, 2.45) is 0 Å². The fraction of sp³-hybridized carbons (Fsp3) is 0.111. The predicted octanol–water partition coefficient (Wildman–Crippen LogP) is 4.93. The van der Waals surface area contributed by atoms with Gasteiger partial charge in [-0.05, 0) is 36.8 Å². The average molecular weight is 343 g/mol. The SMILES string of the molecule is Cc1c(Cl)cccc1Nc1nccc(NCc2ccccc2F)n1. The van der Waals surface area contributed by atoms with Gasteiger partial charge in [-0.15, -0.1) is 0 Å². The highest BCUT2D eigenvalue weighted by Crippen LogP contribution is 2.25. The normalized spacial score (nSPS) is 10.5. The van der Waals surface area contributed by atoms with Crippen LogP contribution in [0.3, 0.4) is 0 Å². The van der Waals surface area contributed by atoms with E-state index in [2.05, 4.69) is 20.6 Å². The first kappa shape index (κ1) is 16.2. The summed E-state index contributed by atoms with van der Waals surface area (Å²) in [5.74, 6) is 0.807. The average Bonchev–Trinajstić information content (AvgIpc) is 2.59. The molecule has 0 fully saturated rings. The summed E-state index contributed by atoms with van der Waals surface area (Å²) < 4.78 is 13.6. The van der Waals surface area contributed by atoms with Gasteiger partial charge in [0.1, 0.15) is 11.6 Å². The van der Waals surface area contributed by atoms with Crippen molar-refractivity contribution in [2.75, 3.05) is 10.6 Å². The van der Waals surface area contributed by atoms with Crippen LogP contribution in [-0.2, 0) is 6.54 Å². The van der Waals surface area contributed by atoms with Crippen LogP contribution in [-0.4, -0.2) is 9.97 Å². The van der Waals surface area contributed by atoms with Crippen molar-refractivity contribution < 1.29 is 4.39 Å². The molecule has 122 valence electrons. The van der Waals surface area contributed by atoms with E-state index in [4.69, 9.17) is 11.6 Å². The molecule has 2 aromatic carbocycles. The summed E-state index contributed by atoms with van der Waals surface area (Å²) in [6, 6.07) is 14.0. The van der Waals surface area contributed by atoms with E-state index in [9.17, 15) is 4.39 Å². The molecule has 0 amide bonds. The second-order valence-corrected chi connectivity index (χ2v) is 5.66. The molecule has 0 aliphatic heterocycles. The van der Waals surface area contributed by atoms with Crippen LogP contribution >= 0.6 is 11.6 Å². The highest BCUT2D eigenvalue weighted by molar-refractivity contribution is 6.31. The minimum atomic E-state index is -0.244. The third-order valence-electron chi connectivity index (χ3n) is 3.59. The highest BCUT2D eigenvalue weighted by atomic mass is 35.5. The Balaban J connectivity index is 1.72. The van der Waals surface area contributed by atoms with E-state index in [1.807, 2.05) is 25.1 Å². The van der Waals surface area contributed by atoms with E-state index in [-0.39, 0.29) is 5.82 Å². The Morgan fingerprint density at radius 1 is 1.08 bits per heavy atom. The van der Waals surface area contributed by atoms with Gasteiger partial charge in [0, 0.05) is 29.0 Å². The number of benzene rings is 2. The van der Waals surface area contributed by atoms with Gasteiger partial charge in [0.2, 0.25) is 5.95 Å². The van der Waals surface area contributed by atoms with E-state index in [1.165, 1.54) is 6.07 Å². The molecular formula is C18H16ClFN4. The minimum Gasteiger partial charge on any atom is -0.366 e. The molecule has 4 nitrogen and oxygen atoms in total. The van der Waals surface area contributed by atoms with Crippen molar-refractivity contribution in [3.63, 3.8) is 0 Å². The lowest BCUT2D eigenvalue weighted by Crippen LogP contribution is -2.05. The zero-order chi connectivity index (χ0) is 16.9. The molecule has 0 saturated heterocycles. The summed E-state index contributed by atoms with van der Waals surface area (Å²) in [6.45, 7) is 2.27. The summed E-state index contributed by atoms with van der Waals surface area (Å²) in [6.07, 6.45) is 1.64. The Bertz CT molecular complexity index is 854. The Kier molecular flexibility index (Phi) is 4.91. The maximum Gasteiger partial charge on any atom is 0.229 e. The molecular weight excluding hydrogens is 327 g/mol. The van der Waals surface area contributed by atoms with Crippen molar-refractivity contribution in [1.82, 2.24) is 9.97 Å². The lowest BCUT2D eigenvalue weighted by atomic mass is 10.2. The van der Waals surface area contributed by atoms with Crippen LogP contribution in [0.5, 0.6) is 0 Å². The van der Waals surface area contributed by atoms with Gasteiger partial charge in [0.05, 0.1) is 0 Å². The van der Waals surface area contributed by atoms with Crippen LogP contribution in [0.25, 0.3) is 0 Å². The van der Waals surface area contributed by atoms with Crippen molar-refractivity contribution in [3.8, 4) is 0 Å². The van der Waals surface area contributed by atoms with Gasteiger partial charge in [-0.2, -0.15) is 4.98 Å². The Morgan fingerprint density at radius 3 is 2.75 bits per heavy atom. The predicted molar refractivity (Wildman–Crippen MR) is 95.2 cm³/mol. The third kappa shape index (κ3) is 3.81. The first-order valence-electron chi connectivity index (χ1n) is 7.46. The molecule has 0 spiro atoms. The van der Waals surface area contributed by atoms with Gasteiger partial charge in [-0.25, -0.2) is 9.37 Å². The third-order valence-corrected chi connectivity index (χ3v) is 4.00. The molecule has 0 radical (unpaired) electrons. The number of hydrogen-bond donors (Lipinski definition) is 2. The fourth-order valence-electron chi connectivity index (χ4n) is 2.21. The zero-order valence-corrected chi connectivity index (χ0v) is 13.8. The minimum absolute atomic E-state index is 0.244. The van der Waals surface area contributed by atoms with E-state index in [1.54, 1.807) is 30.5 Å². The van der Waals surface area contributed by atoms with E-state index in [0.717, 1.165) is 11.3 Å². The Hall–Kier alpha value is -2.66. The van der Waals surface area contributed by atoms with Gasteiger partial charge in [-0.1, -0.05) is 35.9 Å². The molecule has 0 aliphatic rings. The highest BCUT2D eigenvalue weighted by Gasteiger charge is 2.06. The number of hydrogen-bond acceptors (Lipinski definition) is 4. The molecule has 2 N–H and O–H groups in total. The van der Waals surface area contributed by atoms with Gasteiger partial charge in [-0.3, -0.25) is 0 Å². The van der Waals surface area contributed by atoms with Gasteiger partial charge >= 0.3 is 0 Å². The van der Waals surface area contributed by atoms with E-state index in [0.29, 0.717) is 28.9 Å². The number of aromatic nitrogens is 2. The maximum atomic E-state index is 13.6. The van der Waals surface area contributed by atoms with Crippen molar-refractivity contribution >= 4 is 29.1 Å². The first-order chi connectivity index (χ1) is 11.6. The second-order valence-electron chi connectivity index (χ2n) is 5.25. The lowest BCUT2D eigenvalue weighted by Gasteiger charge is -2.11. The summed E-state index contributed by atoms with van der Waals surface area (Å²) in [4.78, 5) is 8.58. The molecule has 0 unspecified atom stereocenters. The van der Waals surface area contributed by atoms with Crippen LogP contribution in [0.2, 0.25) is 5.02 Å². The summed E-state index contributed by atoms with van der Waals surface area (Å²) in [5.41, 5.74) is 2.34. The number of halogens is 2. The zero-order valence-electron chi connectivity index (χ0n) is 13.1. The number of anilines is 3. The Labute approximate surface area is 144 Å². The van der Waals surface area contributed by atoms with E-state index >= 15 is 0 Å². The fourth-order valence-corrected chi connectivity index (χ4v) is 2.38. The smallest absolute Gasteiger partial charge is 0.229 e. The molecule has 3 aromatic rings. The summed E-state index contributed by atoms with van der Waals surface area (Å²) in [7, 11) is 0. The largest absolute Gasteiger partial charge is 0.366 e. The van der Waals surface area contributed by atoms with Crippen LogP contribution < -0.4 is 10.6 Å². The molecule has 6 heteroatoms. The molecule has 3 rings (SSSR count). The van der Waals surface area contributed by atoms with Crippen LogP contribution in [0.1, 0.15) is 11.1 Å². The quantitative estimate of drug-likeness (QED) is 0.690. The second kappa shape index (κ2) is 7.27. The van der Waals surface area contributed by atoms with Crippen LogP contribution in [0.15, 0.2) is 54.7 Å². The topological polar surface area (TPSA) is 49.8 Å². The molecule has 0 saturated carbocycles. The standard InChI is InChI=1S/C18H16ClFN4/c1-12-14(19)6-4-8-16(12)23-18-21-10-9-17(24-18)22-11-13-5-2-3-7-15(13)20/h2-10H,11H2,1H3,(H2,21,22,23,24). The molecule has 1 heterocycles. The van der Waals surface area contributed by atoms with Crippen molar-refractivity contribution in [3.05, 3.63) is 76.7 Å². The maximum absolute atomic E-state index is 13.6. The molecule has 24 heavy (non-hydrogen) atoms. The van der Waals surface area contributed by atoms with Crippen LogP contribution in [0.4, 0.5) is 21.8 Å². The summed E-state index contributed by atoms with van der Waals surface area (Å²) >= 11 is 6.12. The lowest BCUT2D eigenvalue weighted by molar-refractivity contribution is 0.613. The molecule has 0 atom stereocenters. The van der Waals surface area contributed by atoms with E-state index < -0.39 is 0 Å². The van der Waals surface area contributed by atoms with Gasteiger partial charge in [0.15, 0.2) is 0 Å². The first-order valence-corrected chi connectivity index (χ1v) is 7.84. The molecule has 0 bridgehead atoms. The van der Waals surface area contributed by atoms with Gasteiger partial charge in [0.25, 0.3) is 0 Å². The number of rotatable bonds is 5. The molecule has 1 aromatic heterocycles. The van der Waals surface area contributed by atoms with Gasteiger partial charge < -0.3 is 10.6 Å². The van der Waals surface area contributed by atoms with Crippen molar-refractivity contribution in [2.45, 2.75) is 13.5 Å². The Morgan fingerprint density at radius 2 is 1.92 bits per heavy atom. The number of nitrogens with zero attached hydrogens (tertiary/aromatic N) is 2. The molecule has 0 aliphatic carbocycles. The number of nitrogens with one attached hydrogen (secondary N) is 2.